The molecule has 0 radical (unpaired) electrons. The lowest BCUT2D eigenvalue weighted by molar-refractivity contribution is -0.0154. The van der Waals surface area contributed by atoms with Crippen LogP contribution in [0.5, 0.6) is 5.75 Å². The zero-order valence-corrected chi connectivity index (χ0v) is 23.2. The smallest absolute Gasteiger partial charge is 0.363 e. The minimum absolute atomic E-state index is 0.180. The molecule has 2 fully saturated rings. The van der Waals surface area contributed by atoms with E-state index in [2.05, 4.69) is 41.5 Å². The van der Waals surface area contributed by atoms with Crippen LogP contribution in [0.3, 0.4) is 0 Å². The van der Waals surface area contributed by atoms with Crippen molar-refractivity contribution in [1.82, 2.24) is 0 Å². The number of aliphatic hydroxyl groups excluding tert-OH is 1. The third kappa shape index (κ3) is 6.66. The summed E-state index contributed by atoms with van der Waals surface area (Å²) in [7, 11) is -2.28. The highest BCUT2D eigenvalue weighted by Crippen LogP contribution is 2.64. The van der Waals surface area contributed by atoms with Gasteiger partial charge in [0.15, 0.2) is 5.85 Å². The largest absolute Gasteiger partial charge is 0.497 e. The third-order valence-corrected chi connectivity index (χ3v) is 10.2. The van der Waals surface area contributed by atoms with E-state index in [1.54, 1.807) is 31.4 Å². The van der Waals surface area contributed by atoms with Crippen LogP contribution < -0.4 is 4.74 Å². The van der Waals surface area contributed by atoms with Crippen molar-refractivity contribution in [2.45, 2.75) is 98.1 Å². The van der Waals surface area contributed by atoms with Crippen LogP contribution in [0.15, 0.2) is 24.3 Å². The molecular weight excluding hydrogens is 447 g/mol. The molecule has 0 aromatic heterocycles. The molecule has 0 amide bonds. The second-order valence-corrected chi connectivity index (χ2v) is 13.6. The molecule has 194 valence electrons. The zero-order valence-electron chi connectivity index (χ0n) is 22.3. The van der Waals surface area contributed by atoms with Crippen LogP contribution in [0.25, 0.3) is 0 Å². The first-order chi connectivity index (χ1) is 16.0. The Balaban J connectivity index is 1.94. The second-order valence-electron chi connectivity index (χ2n) is 11.6. The molecule has 34 heavy (non-hydrogen) atoms. The van der Waals surface area contributed by atoms with Crippen molar-refractivity contribution in [3.05, 3.63) is 29.8 Å². The molecule has 1 aromatic rings. The van der Waals surface area contributed by atoms with Crippen LogP contribution in [-0.4, -0.2) is 24.4 Å². The van der Waals surface area contributed by atoms with Gasteiger partial charge in [0.25, 0.3) is 0 Å². The van der Waals surface area contributed by atoms with Gasteiger partial charge < -0.3 is 18.9 Å². The van der Waals surface area contributed by atoms with Gasteiger partial charge in [0.2, 0.25) is 0 Å². The Hall–Kier alpha value is -0.870. The summed E-state index contributed by atoms with van der Waals surface area (Å²) >= 11 is 0. The van der Waals surface area contributed by atoms with E-state index < -0.39 is 13.4 Å². The molecule has 0 bridgehead atoms. The first kappa shape index (κ1) is 27.7. The van der Waals surface area contributed by atoms with E-state index in [9.17, 15) is 9.67 Å². The van der Waals surface area contributed by atoms with Gasteiger partial charge in [0, 0.05) is 0 Å². The Morgan fingerprint density at radius 1 is 0.824 bits per heavy atom. The second kappa shape index (κ2) is 11.9. The van der Waals surface area contributed by atoms with Crippen molar-refractivity contribution >= 4 is 7.60 Å². The molecule has 2 saturated carbocycles. The van der Waals surface area contributed by atoms with Crippen LogP contribution in [-0.2, 0) is 13.6 Å². The molecule has 1 aromatic carbocycles. The summed E-state index contributed by atoms with van der Waals surface area (Å²) in [6.45, 7) is 13.3. The van der Waals surface area contributed by atoms with E-state index in [0.717, 1.165) is 38.5 Å². The van der Waals surface area contributed by atoms with Gasteiger partial charge in [-0.3, -0.25) is 4.57 Å². The Morgan fingerprint density at radius 2 is 1.26 bits per heavy atom. The Kier molecular flexibility index (Phi) is 9.71. The lowest BCUT2D eigenvalue weighted by Crippen LogP contribution is -2.37. The molecule has 5 nitrogen and oxygen atoms in total. The summed E-state index contributed by atoms with van der Waals surface area (Å²) in [6.07, 6.45) is 5.76. The number of hydrogen-bond donors (Lipinski definition) is 1. The lowest BCUT2D eigenvalue weighted by atomic mass is 9.75. The Morgan fingerprint density at radius 3 is 1.65 bits per heavy atom. The number of ether oxygens (including phenoxy) is 1. The van der Waals surface area contributed by atoms with Crippen molar-refractivity contribution in [3.63, 3.8) is 0 Å². The molecule has 1 N–H and O–H groups in total. The summed E-state index contributed by atoms with van der Waals surface area (Å²) in [4.78, 5) is 0. The number of rotatable bonds is 9. The Bertz CT molecular complexity index is 770. The fourth-order valence-corrected chi connectivity index (χ4v) is 8.01. The maximum Gasteiger partial charge on any atom is 0.363 e. The van der Waals surface area contributed by atoms with E-state index in [-0.39, 0.29) is 12.2 Å². The number of hydrogen-bond acceptors (Lipinski definition) is 5. The SMILES string of the molecule is COc1ccc([C@@H](O)P(=O)(O[C@@H]2C[C@H](C)CC[C@@H]2C(C)C)O[C@@H]2C[C@@H](C)CC[C@@H]2C(C)C)cc1. The van der Waals surface area contributed by atoms with Gasteiger partial charge in [-0.25, -0.2) is 0 Å². The van der Waals surface area contributed by atoms with Crippen LogP contribution in [0.2, 0.25) is 0 Å². The molecule has 0 heterocycles. The standard InChI is InChI=1S/C28H47O5P/c1-18(2)24-14-8-20(5)16-26(24)32-34(30,28(29)22-10-12-23(31-7)13-11-22)33-27-17-21(6)9-15-25(27)19(3)4/h10-13,18-21,24-29H,8-9,14-17H2,1-7H3/t20-,21+,24-,25-,26-,27-,28+,34?/m1/s1. The van der Waals surface area contributed by atoms with Gasteiger partial charge in [-0.2, -0.15) is 0 Å². The topological polar surface area (TPSA) is 65.0 Å². The predicted octanol–water partition coefficient (Wildman–Crippen LogP) is 7.83. The average molecular weight is 495 g/mol. The van der Waals surface area contributed by atoms with Crippen molar-refractivity contribution < 1.29 is 23.5 Å². The Labute approximate surface area is 207 Å². The number of benzene rings is 1. The van der Waals surface area contributed by atoms with Crippen LogP contribution in [0.4, 0.5) is 0 Å². The first-order valence-corrected chi connectivity index (χ1v) is 14.9. The molecule has 0 spiro atoms. The van der Waals surface area contributed by atoms with Crippen molar-refractivity contribution in [3.8, 4) is 5.75 Å². The highest BCUT2D eigenvalue weighted by molar-refractivity contribution is 7.54. The molecule has 1 unspecified atom stereocenters. The van der Waals surface area contributed by atoms with Crippen LogP contribution in [0.1, 0.15) is 91.5 Å². The quantitative estimate of drug-likeness (QED) is 0.354. The van der Waals surface area contributed by atoms with Crippen molar-refractivity contribution in [2.24, 2.45) is 35.5 Å². The molecule has 0 aliphatic heterocycles. The molecular formula is C28H47O5P. The normalized spacial score (nSPS) is 33.0. The number of methoxy groups -OCH3 is 1. The van der Waals surface area contributed by atoms with Gasteiger partial charge >= 0.3 is 7.60 Å². The van der Waals surface area contributed by atoms with Crippen molar-refractivity contribution in [1.29, 1.82) is 0 Å². The van der Waals surface area contributed by atoms with Crippen molar-refractivity contribution in [2.75, 3.05) is 7.11 Å². The van der Waals surface area contributed by atoms with Gasteiger partial charge in [0.1, 0.15) is 5.75 Å². The average Bonchev–Trinajstić information content (AvgIpc) is 2.78. The molecule has 0 saturated heterocycles. The predicted molar refractivity (Wildman–Crippen MR) is 138 cm³/mol. The van der Waals surface area contributed by atoms with Crippen LogP contribution >= 0.6 is 7.60 Å². The van der Waals surface area contributed by atoms with Gasteiger partial charge in [-0.05, 0) is 78.9 Å². The zero-order chi connectivity index (χ0) is 25.0. The molecule has 3 rings (SSSR count). The molecule has 2 aliphatic rings. The van der Waals surface area contributed by atoms with Gasteiger partial charge in [0.05, 0.1) is 19.3 Å². The minimum Gasteiger partial charge on any atom is -0.497 e. The number of aliphatic hydroxyl groups is 1. The third-order valence-electron chi connectivity index (χ3n) is 8.20. The molecule has 2 aliphatic carbocycles. The maximum absolute atomic E-state index is 14.6. The molecule has 8 atom stereocenters. The molecule has 6 heteroatoms. The summed E-state index contributed by atoms with van der Waals surface area (Å²) in [5.74, 6) is 1.83. The van der Waals surface area contributed by atoms with Crippen LogP contribution in [0, 0.1) is 35.5 Å². The van der Waals surface area contributed by atoms with Gasteiger partial charge in [-0.1, -0.05) is 66.5 Å². The summed E-state index contributed by atoms with van der Waals surface area (Å²) in [6, 6.07) is 7.08. The van der Waals surface area contributed by atoms with E-state index in [1.165, 1.54) is 0 Å². The maximum atomic E-state index is 14.6. The monoisotopic (exact) mass is 494 g/mol. The fraction of sp³-hybridized carbons (Fsp3) is 0.786. The summed E-state index contributed by atoms with van der Waals surface area (Å²) < 4.78 is 32.9. The minimum atomic E-state index is -3.89. The van der Waals surface area contributed by atoms with E-state index >= 15 is 0 Å². The van der Waals surface area contributed by atoms with E-state index in [0.29, 0.717) is 46.8 Å². The van der Waals surface area contributed by atoms with E-state index in [4.69, 9.17) is 13.8 Å². The first-order valence-electron chi connectivity index (χ1n) is 13.3. The fourth-order valence-electron chi connectivity index (χ4n) is 5.95. The highest BCUT2D eigenvalue weighted by Gasteiger charge is 2.46. The lowest BCUT2D eigenvalue weighted by Gasteiger charge is -2.42. The highest BCUT2D eigenvalue weighted by atomic mass is 31.2. The van der Waals surface area contributed by atoms with Gasteiger partial charge in [-0.15, -0.1) is 0 Å². The summed E-state index contributed by atoms with van der Waals surface area (Å²) in [5, 5.41) is 11.5. The summed E-state index contributed by atoms with van der Waals surface area (Å²) in [5.41, 5.74) is 0.541. The van der Waals surface area contributed by atoms with E-state index in [1.807, 2.05) is 0 Å².